The van der Waals surface area contributed by atoms with Crippen LogP contribution in [-0.2, 0) is 13.6 Å². The lowest BCUT2D eigenvalue weighted by molar-refractivity contribution is 0.309. The molecule has 37 heavy (non-hydrogen) atoms. The van der Waals surface area contributed by atoms with E-state index < -0.39 is 0 Å². The zero-order chi connectivity index (χ0) is 25.8. The minimum Gasteiger partial charge on any atom is -0.497 e. The van der Waals surface area contributed by atoms with Crippen LogP contribution in [0.2, 0.25) is 0 Å². The summed E-state index contributed by atoms with van der Waals surface area (Å²) in [4.78, 5) is 11.6. The van der Waals surface area contributed by atoms with E-state index >= 15 is 0 Å². The molecule has 13 nitrogen and oxygen atoms in total. The Balaban J connectivity index is 1.54. The Hall–Kier alpha value is -4.65. The quantitative estimate of drug-likeness (QED) is 0.292. The zero-order valence-electron chi connectivity index (χ0n) is 20.7. The number of aliphatic hydroxyl groups excluding tert-OH is 1. The number of nitrogens with one attached hydrogen (secondary N) is 2. The van der Waals surface area contributed by atoms with E-state index in [0.717, 1.165) is 22.6 Å². The number of aryl methyl sites for hydroxylation is 1. The van der Waals surface area contributed by atoms with E-state index in [4.69, 9.17) is 29.0 Å². The summed E-state index contributed by atoms with van der Waals surface area (Å²) in [5.41, 5.74) is 3.34. The van der Waals surface area contributed by atoms with Crippen molar-refractivity contribution in [1.82, 2.24) is 25.0 Å². The normalized spacial score (nSPS) is 12.4. The maximum Gasteiger partial charge on any atom is 0.315 e. The number of hydrogen-bond acceptors (Lipinski definition) is 12. The molecule has 5 rings (SSSR count). The molecule has 0 radical (unpaired) electrons. The number of methoxy groups -OCH3 is 2. The number of hydrogen-bond donors (Lipinski definition) is 3. The smallest absolute Gasteiger partial charge is 0.315 e. The molecule has 1 aromatic carbocycles. The highest BCUT2D eigenvalue weighted by Gasteiger charge is 2.21. The fourth-order valence-corrected chi connectivity index (χ4v) is 3.83. The first kappa shape index (κ1) is 24.1. The topological polar surface area (TPSA) is 148 Å². The van der Waals surface area contributed by atoms with Crippen LogP contribution in [0.3, 0.4) is 0 Å². The number of nitrogens with zero attached hydrogens (tertiary/aromatic N) is 7. The molecule has 0 saturated heterocycles. The molecule has 0 fully saturated rings. The van der Waals surface area contributed by atoms with Crippen LogP contribution in [0.5, 0.6) is 11.5 Å². The highest BCUT2D eigenvalue weighted by atomic mass is 16.5. The second-order valence-corrected chi connectivity index (χ2v) is 8.16. The molecule has 192 valence electrons. The van der Waals surface area contributed by atoms with Gasteiger partial charge < -0.3 is 34.5 Å². The second-order valence-electron chi connectivity index (χ2n) is 8.16. The molecular weight excluding hydrogens is 478 g/mol. The average Bonchev–Trinajstić information content (AvgIpc) is 3.58. The van der Waals surface area contributed by atoms with Crippen LogP contribution in [0.1, 0.15) is 11.5 Å². The van der Waals surface area contributed by atoms with Gasteiger partial charge in [-0.25, -0.2) is 9.98 Å². The van der Waals surface area contributed by atoms with Gasteiger partial charge in [0.25, 0.3) is 0 Å². The fourth-order valence-electron chi connectivity index (χ4n) is 3.83. The molecule has 0 saturated carbocycles. The average molecular weight is 506 g/mol. The molecule has 0 aliphatic carbocycles. The first-order chi connectivity index (χ1) is 18.1. The number of ether oxygens (including phenoxy) is 2. The van der Waals surface area contributed by atoms with Gasteiger partial charge in [0.1, 0.15) is 23.9 Å². The number of benzene rings is 1. The number of aliphatic imine (C=N–C) groups is 1. The summed E-state index contributed by atoms with van der Waals surface area (Å²) in [6, 6.07) is 9.58. The van der Waals surface area contributed by atoms with Gasteiger partial charge in [-0.2, -0.15) is 5.10 Å². The minimum absolute atomic E-state index is 0.0535. The van der Waals surface area contributed by atoms with E-state index in [1.54, 1.807) is 31.2 Å². The van der Waals surface area contributed by atoms with Gasteiger partial charge in [0.05, 0.1) is 50.7 Å². The van der Waals surface area contributed by atoms with Gasteiger partial charge in [0, 0.05) is 43.6 Å². The van der Waals surface area contributed by atoms with Crippen molar-refractivity contribution in [3.05, 3.63) is 54.2 Å². The third-order valence-electron chi connectivity index (χ3n) is 5.66. The van der Waals surface area contributed by atoms with Gasteiger partial charge in [-0.15, -0.1) is 5.10 Å². The Morgan fingerprint density at radius 1 is 1.16 bits per heavy atom. The Morgan fingerprint density at radius 2 is 1.97 bits per heavy atom. The minimum atomic E-state index is -0.0535. The van der Waals surface area contributed by atoms with Gasteiger partial charge in [0.2, 0.25) is 5.89 Å². The van der Waals surface area contributed by atoms with Crippen molar-refractivity contribution in [3.63, 3.8) is 0 Å². The summed E-state index contributed by atoms with van der Waals surface area (Å²) in [5.74, 6) is 2.74. The Labute approximate surface area is 212 Å². The molecule has 0 spiro atoms. The fraction of sp³-hybridized carbons (Fsp3) is 0.292. The number of aromatic nitrogens is 5. The van der Waals surface area contributed by atoms with Crippen LogP contribution < -0.4 is 25.0 Å². The summed E-state index contributed by atoms with van der Waals surface area (Å²) in [7, 11) is 5.06. The zero-order valence-corrected chi connectivity index (χ0v) is 20.7. The van der Waals surface area contributed by atoms with E-state index in [1.807, 2.05) is 42.4 Å². The highest BCUT2D eigenvalue weighted by Crippen LogP contribution is 2.36. The monoisotopic (exact) mass is 505 g/mol. The molecule has 3 N–H and O–H groups in total. The summed E-state index contributed by atoms with van der Waals surface area (Å²) in [5, 5.41) is 27.7. The number of pyridine rings is 1. The molecule has 4 aromatic rings. The van der Waals surface area contributed by atoms with E-state index in [1.165, 1.54) is 0 Å². The Bertz CT molecular complexity index is 1390. The van der Waals surface area contributed by atoms with Gasteiger partial charge in [-0.1, -0.05) is 5.10 Å². The molecule has 1 aliphatic rings. The van der Waals surface area contributed by atoms with Gasteiger partial charge >= 0.3 is 6.01 Å². The van der Waals surface area contributed by atoms with Gasteiger partial charge in [-0.3, -0.25) is 4.68 Å². The van der Waals surface area contributed by atoms with Crippen molar-refractivity contribution in [2.24, 2.45) is 12.0 Å². The van der Waals surface area contributed by atoms with E-state index in [9.17, 15) is 0 Å². The van der Waals surface area contributed by atoms with Crippen molar-refractivity contribution in [1.29, 1.82) is 0 Å². The Kier molecular flexibility index (Phi) is 6.85. The lowest BCUT2D eigenvalue weighted by Gasteiger charge is -2.25. The van der Waals surface area contributed by atoms with E-state index in [-0.39, 0.29) is 19.2 Å². The number of aliphatic hydroxyl groups is 1. The van der Waals surface area contributed by atoms with Crippen LogP contribution >= 0.6 is 0 Å². The molecular formula is C24H27N9O4. The lowest BCUT2D eigenvalue weighted by atomic mass is 10.2. The van der Waals surface area contributed by atoms with Crippen LogP contribution in [0.4, 0.5) is 29.0 Å². The number of anilines is 4. The van der Waals surface area contributed by atoms with E-state index in [2.05, 4.69) is 25.9 Å². The third kappa shape index (κ3) is 5.30. The van der Waals surface area contributed by atoms with Crippen molar-refractivity contribution in [3.8, 4) is 11.5 Å². The highest BCUT2D eigenvalue weighted by molar-refractivity contribution is 6.06. The van der Waals surface area contributed by atoms with Gasteiger partial charge in [0.15, 0.2) is 5.82 Å². The first-order valence-corrected chi connectivity index (χ1v) is 11.6. The lowest BCUT2D eigenvalue weighted by Crippen LogP contribution is -2.21. The molecule has 0 unspecified atom stereocenters. The molecule has 0 bridgehead atoms. The van der Waals surface area contributed by atoms with Gasteiger partial charge in [-0.05, 0) is 12.1 Å². The predicted molar refractivity (Wildman–Crippen MR) is 137 cm³/mol. The largest absolute Gasteiger partial charge is 0.497 e. The van der Waals surface area contributed by atoms with Crippen LogP contribution in [0.25, 0.3) is 0 Å². The van der Waals surface area contributed by atoms with Crippen LogP contribution in [0, 0.1) is 0 Å². The summed E-state index contributed by atoms with van der Waals surface area (Å²) >= 11 is 0. The summed E-state index contributed by atoms with van der Waals surface area (Å²) in [6.07, 6.45) is 3.70. The van der Waals surface area contributed by atoms with Crippen LogP contribution in [0.15, 0.2) is 52.1 Å². The Morgan fingerprint density at radius 3 is 2.68 bits per heavy atom. The SMILES string of the molecule is COc1cc(OC)cc(N(Cc2nnc(NCCO)o2)c2ccc3c(n2)N=C(c2cnn(C)c2)CN3)c1. The predicted octanol–water partition coefficient (Wildman–Crippen LogP) is 2.50. The number of fused-ring (bicyclic) bond motifs is 1. The van der Waals surface area contributed by atoms with Crippen molar-refractivity contribution >= 4 is 34.7 Å². The van der Waals surface area contributed by atoms with Crippen molar-refractivity contribution in [2.75, 3.05) is 49.4 Å². The standard InChI is InChI=1S/C24H27N9O4/c1-32-13-15(11-27-32)20-12-26-19-4-5-21(29-23(19)28-20)33(14-22-30-31-24(37-22)25-6-7-34)16-8-17(35-2)10-18(9-16)36-3/h4-5,8-11,13,26,34H,6-7,12,14H2,1-3H3,(H,25,31). The summed E-state index contributed by atoms with van der Waals surface area (Å²) < 4.78 is 18.4. The molecule has 3 aromatic heterocycles. The molecule has 13 heteroatoms. The first-order valence-electron chi connectivity index (χ1n) is 11.6. The number of rotatable bonds is 10. The molecule has 0 amide bonds. The summed E-state index contributed by atoms with van der Waals surface area (Å²) in [6.45, 7) is 1.03. The maximum atomic E-state index is 9.05. The third-order valence-corrected chi connectivity index (χ3v) is 5.66. The van der Waals surface area contributed by atoms with Crippen LogP contribution in [-0.4, -0.2) is 69.7 Å². The van der Waals surface area contributed by atoms with Crippen molar-refractivity contribution in [2.45, 2.75) is 6.54 Å². The maximum absolute atomic E-state index is 9.05. The second kappa shape index (κ2) is 10.5. The molecule has 4 heterocycles. The molecule has 0 atom stereocenters. The van der Waals surface area contributed by atoms with Crippen molar-refractivity contribution < 1.29 is 19.0 Å². The molecule has 1 aliphatic heterocycles. The van der Waals surface area contributed by atoms with E-state index in [0.29, 0.717) is 42.1 Å².